The van der Waals surface area contributed by atoms with E-state index in [0.29, 0.717) is 11.5 Å². The summed E-state index contributed by atoms with van der Waals surface area (Å²) in [6.07, 6.45) is 3.24. The maximum Gasteiger partial charge on any atom is 0.356 e. The minimum Gasteiger partial charge on any atom is -0.476 e. The summed E-state index contributed by atoms with van der Waals surface area (Å²) < 4.78 is 7.09. The molecular formula is C14H11N3O3. The van der Waals surface area contributed by atoms with Gasteiger partial charge in [0, 0.05) is 18.5 Å². The number of carbonyl (C=O) groups is 1. The highest BCUT2D eigenvalue weighted by Gasteiger charge is 2.17. The van der Waals surface area contributed by atoms with E-state index in [1.165, 1.54) is 10.7 Å². The molecule has 0 spiro atoms. The van der Waals surface area contributed by atoms with Gasteiger partial charge in [-0.25, -0.2) is 9.48 Å². The summed E-state index contributed by atoms with van der Waals surface area (Å²) in [5, 5.41) is 13.2. The molecule has 0 aliphatic rings. The predicted molar refractivity (Wildman–Crippen MR) is 70.8 cm³/mol. The Morgan fingerprint density at radius 3 is 2.60 bits per heavy atom. The van der Waals surface area contributed by atoms with E-state index < -0.39 is 5.97 Å². The topological polar surface area (TPSA) is 81.1 Å². The third kappa shape index (κ3) is 2.07. The summed E-state index contributed by atoms with van der Waals surface area (Å²) in [4.78, 5) is 15.1. The van der Waals surface area contributed by atoms with E-state index in [2.05, 4.69) is 10.1 Å². The molecule has 0 aliphatic carbocycles. The van der Waals surface area contributed by atoms with Crippen LogP contribution in [0.5, 0.6) is 0 Å². The van der Waals surface area contributed by atoms with Crippen molar-refractivity contribution in [2.75, 3.05) is 0 Å². The minimum absolute atomic E-state index is 0.0362. The fourth-order valence-electron chi connectivity index (χ4n) is 1.92. The number of furan rings is 1. The lowest BCUT2D eigenvalue weighted by Crippen LogP contribution is -2.02. The Bertz CT molecular complexity index is 759. The van der Waals surface area contributed by atoms with Crippen molar-refractivity contribution in [2.24, 2.45) is 0 Å². The Hall–Kier alpha value is -2.89. The zero-order chi connectivity index (χ0) is 14.1. The van der Waals surface area contributed by atoms with Crippen molar-refractivity contribution in [1.82, 2.24) is 14.8 Å². The zero-order valence-electron chi connectivity index (χ0n) is 10.6. The fraction of sp³-hybridized carbons (Fsp3) is 0.0714. The van der Waals surface area contributed by atoms with Crippen LogP contribution in [0.2, 0.25) is 0 Å². The van der Waals surface area contributed by atoms with Gasteiger partial charge in [0.1, 0.15) is 11.5 Å². The van der Waals surface area contributed by atoms with E-state index in [-0.39, 0.29) is 5.69 Å². The second-order valence-corrected chi connectivity index (χ2v) is 4.25. The minimum atomic E-state index is -1.08. The summed E-state index contributed by atoms with van der Waals surface area (Å²) in [6, 6.07) is 8.59. The first-order valence-electron chi connectivity index (χ1n) is 5.96. The van der Waals surface area contributed by atoms with Gasteiger partial charge in [-0.3, -0.25) is 4.98 Å². The Morgan fingerprint density at radius 1 is 1.25 bits per heavy atom. The van der Waals surface area contributed by atoms with Gasteiger partial charge < -0.3 is 9.52 Å². The summed E-state index contributed by atoms with van der Waals surface area (Å²) in [6.45, 7) is 1.83. The number of aryl methyl sites for hydroxylation is 1. The maximum absolute atomic E-state index is 11.1. The van der Waals surface area contributed by atoms with Crippen LogP contribution in [0.25, 0.3) is 17.1 Å². The highest BCUT2D eigenvalue weighted by molar-refractivity contribution is 5.87. The van der Waals surface area contributed by atoms with Crippen molar-refractivity contribution in [1.29, 1.82) is 0 Å². The van der Waals surface area contributed by atoms with Crippen molar-refractivity contribution in [3.05, 3.63) is 54.2 Å². The lowest BCUT2D eigenvalue weighted by atomic mass is 10.3. The Kier molecular flexibility index (Phi) is 2.83. The van der Waals surface area contributed by atoms with Gasteiger partial charge in [-0.15, -0.1) is 0 Å². The number of carboxylic acids is 1. The Labute approximate surface area is 114 Å². The molecule has 6 heteroatoms. The van der Waals surface area contributed by atoms with Crippen LogP contribution in [-0.2, 0) is 0 Å². The van der Waals surface area contributed by atoms with E-state index in [9.17, 15) is 4.79 Å². The van der Waals surface area contributed by atoms with Crippen LogP contribution in [0.1, 0.15) is 16.2 Å². The molecule has 0 bridgehead atoms. The third-order valence-corrected chi connectivity index (χ3v) is 2.83. The van der Waals surface area contributed by atoms with Gasteiger partial charge in [0.2, 0.25) is 0 Å². The van der Waals surface area contributed by atoms with Crippen molar-refractivity contribution in [2.45, 2.75) is 6.92 Å². The average Bonchev–Trinajstić information content (AvgIpc) is 3.05. The molecule has 0 radical (unpaired) electrons. The van der Waals surface area contributed by atoms with E-state index in [0.717, 1.165) is 11.4 Å². The fourth-order valence-corrected chi connectivity index (χ4v) is 1.92. The van der Waals surface area contributed by atoms with E-state index in [4.69, 9.17) is 9.52 Å². The first-order valence-corrected chi connectivity index (χ1v) is 5.96. The molecule has 0 fully saturated rings. The highest BCUT2D eigenvalue weighted by Crippen LogP contribution is 2.25. The Morgan fingerprint density at radius 2 is 2.00 bits per heavy atom. The van der Waals surface area contributed by atoms with Crippen LogP contribution in [0.3, 0.4) is 0 Å². The standard InChI is InChI=1S/C14H11N3O3/c1-9-2-3-13(20-9)12-8-11(14(18)19)16-17(12)10-4-6-15-7-5-10/h2-8H,1H3,(H,18,19). The number of aromatic nitrogens is 3. The molecule has 0 saturated carbocycles. The third-order valence-electron chi connectivity index (χ3n) is 2.83. The maximum atomic E-state index is 11.1. The van der Waals surface area contributed by atoms with Gasteiger partial charge >= 0.3 is 5.97 Å². The normalized spacial score (nSPS) is 10.7. The molecule has 0 aromatic carbocycles. The number of hydrogen-bond donors (Lipinski definition) is 1. The predicted octanol–water partition coefficient (Wildman–Crippen LogP) is 2.53. The van der Waals surface area contributed by atoms with Crippen molar-refractivity contribution in [3.63, 3.8) is 0 Å². The van der Waals surface area contributed by atoms with E-state index in [1.54, 1.807) is 30.6 Å². The summed E-state index contributed by atoms with van der Waals surface area (Å²) >= 11 is 0. The number of hydrogen-bond acceptors (Lipinski definition) is 4. The van der Waals surface area contributed by atoms with Gasteiger partial charge in [-0.1, -0.05) is 0 Å². The van der Waals surface area contributed by atoms with Crippen LogP contribution in [-0.4, -0.2) is 25.8 Å². The van der Waals surface area contributed by atoms with E-state index in [1.807, 2.05) is 13.0 Å². The largest absolute Gasteiger partial charge is 0.476 e. The summed E-state index contributed by atoms with van der Waals surface area (Å²) in [5.41, 5.74) is 1.27. The molecule has 6 nitrogen and oxygen atoms in total. The molecule has 20 heavy (non-hydrogen) atoms. The first kappa shape index (κ1) is 12.2. The second-order valence-electron chi connectivity index (χ2n) is 4.25. The number of carboxylic acid groups (broad SMARTS) is 1. The number of aromatic carboxylic acids is 1. The molecule has 3 rings (SSSR count). The molecule has 3 aromatic rings. The number of nitrogens with zero attached hydrogens (tertiary/aromatic N) is 3. The smallest absolute Gasteiger partial charge is 0.356 e. The quantitative estimate of drug-likeness (QED) is 0.790. The van der Waals surface area contributed by atoms with Gasteiger partial charge in [-0.05, 0) is 31.2 Å². The van der Waals surface area contributed by atoms with Gasteiger partial charge in [-0.2, -0.15) is 5.10 Å². The van der Waals surface area contributed by atoms with Crippen molar-refractivity contribution in [3.8, 4) is 17.1 Å². The summed E-state index contributed by atoms with van der Waals surface area (Å²) in [7, 11) is 0. The van der Waals surface area contributed by atoms with Gasteiger partial charge in [0.05, 0.1) is 5.69 Å². The second kappa shape index (κ2) is 4.65. The highest BCUT2D eigenvalue weighted by atomic mass is 16.4. The van der Waals surface area contributed by atoms with Crippen LogP contribution in [0.15, 0.2) is 47.1 Å². The molecular weight excluding hydrogens is 258 g/mol. The van der Waals surface area contributed by atoms with Crippen LogP contribution in [0, 0.1) is 6.92 Å². The zero-order valence-corrected chi connectivity index (χ0v) is 10.6. The van der Waals surface area contributed by atoms with Crippen molar-refractivity contribution < 1.29 is 14.3 Å². The van der Waals surface area contributed by atoms with Crippen LogP contribution < -0.4 is 0 Å². The van der Waals surface area contributed by atoms with E-state index >= 15 is 0 Å². The Balaban J connectivity index is 2.20. The number of rotatable bonds is 3. The lowest BCUT2D eigenvalue weighted by molar-refractivity contribution is 0.0690. The van der Waals surface area contributed by atoms with Crippen LogP contribution >= 0.6 is 0 Å². The van der Waals surface area contributed by atoms with Gasteiger partial charge in [0.15, 0.2) is 11.5 Å². The molecule has 1 N–H and O–H groups in total. The first-order chi connectivity index (χ1) is 9.65. The average molecular weight is 269 g/mol. The van der Waals surface area contributed by atoms with Crippen LogP contribution in [0.4, 0.5) is 0 Å². The SMILES string of the molecule is Cc1ccc(-c2cc(C(=O)O)nn2-c2ccncc2)o1. The lowest BCUT2D eigenvalue weighted by Gasteiger charge is -2.04. The van der Waals surface area contributed by atoms with Gasteiger partial charge in [0.25, 0.3) is 0 Å². The molecule has 0 saturated heterocycles. The molecule has 0 aliphatic heterocycles. The molecule has 0 amide bonds. The molecule has 100 valence electrons. The monoisotopic (exact) mass is 269 g/mol. The molecule has 0 atom stereocenters. The molecule has 3 aromatic heterocycles. The summed E-state index contributed by atoms with van der Waals surface area (Å²) in [5.74, 6) is 0.237. The number of pyridine rings is 1. The van der Waals surface area contributed by atoms with Crippen molar-refractivity contribution >= 4 is 5.97 Å². The molecule has 3 heterocycles. The molecule has 0 unspecified atom stereocenters.